The van der Waals surface area contributed by atoms with E-state index in [0.717, 1.165) is 43.9 Å². The van der Waals surface area contributed by atoms with E-state index in [0.29, 0.717) is 0 Å². The molecule has 11 aromatic rings. The third kappa shape index (κ3) is 3.87. The topological polar surface area (TPSA) is 26.3 Å². The van der Waals surface area contributed by atoms with Gasteiger partial charge in [0.25, 0.3) is 0 Å². The molecule has 0 atom stereocenters. The molecule has 2 heterocycles. The van der Waals surface area contributed by atoms with E-state index in [4.69, 9.17) is 8.83 Å². The normalized spacial score (nSPS) is 13.6. The van der Waals surface area contributed by atoms with Crippen molar-refractivity contribution >= 4 is 76.2 Å². The average Bonchev–Trinajstić information content (AvgIpc) is 3.82. The summed E-state index contributed by atoms with van der Waals surface area (Å²) in [6.45, 7) is 4.72. The zero-order chi connectivity index (χ0) is 35.0. The van der Waals surface area contributed by atoms with E-state index in [1.807, 2.05) is 0 Å². The van der Waals surface area contributed by atoms with E-state index in [1.54, 1.807) is 0 Å². The molecule has 0 saturated carbocycles. The van der Waals surface area contributed by atoms with Crippen molar-refractivity contribution in [3.8, 4) is 33.4 Å². The third-order valence-corrected chi connectivity index (χ3v) is 12.0. The summed E-state index contributed by atoms with van der Waals surface area (Å²) >= 11 is 0. The Kier molecular flexibility index (Phi) is 5.60. The van der Waals surface area contributed by atoms with Gasteiger partial charge in [-0.25, -0.2) is 0 Å². The van der Waals surface area contributed by atoms with Crippen LogP contribution in [0.15, 0.2) is 167 Å². The first-order valence-electron chi connectivity index (χ1n) is 18.4. The fourth-order valence-electron chi connectivity index (χ4n) is 9.58. The molecule has 12 rings (SSSR count). The maximum Gasteiger partial charge on any atom is 0.136 e. The molecule has 2 aromatic heterocycles. The average molecular weight is 677 g/mol. The summed E-state index contributed by atoms with van der Waals surface area (Å²) in [7, 11) is 0. The molecule has 0 saturated heterocycles. The van der Waals surface area contributed by atoms with Crippen LogP contribution in [0.4, 0.5) is 0 Å². The van der Waals surface area contributed by atoms with Crippen molar-refractivity contribution in [1.82, 2.24) is 0 Å². The van der Waals surface area contributed by atoms with Gasteiger partial charge in [-0.05, 0) is 113 Å². The molecule has 1 aliphatic rings. The summed E-state index contributed by atoms with van der Waals surface area (Å²) in [4.78, 5) is 0. The van der Waals surface area contributed by atoms with Gasteiger partial charge in [-0.15, -0.1) is 0 Å². The SMILES string of the molecule is CC1(C)c2ccccc2-c2ccc(-c3c4ccccc4c(-c4ccc5oc6cc7c(cc6c5c4)oc4ccc5ccccc5c47)c4ccccc34)cc21. The monoisotopic (exact) mass is 676 g/mol. The Hall–Kier alpha value is -6.64. The van der Waals surface area contributed by atoms with Crippen LogP contribution in [0.2, 0.25) is 0 Å². The summed E-state index contributed by atoms with van der Waals surface area (Å²) in [5.74, 6) is 0. The van der Waals surface area contributed by atoms with E-state index in [2.05, 4.69) is 172 Å². The quantitative estimate of drug-likeness (QED) is 0.170. The fraction of sp³-hybridized carbons (Fsp3) is 0.0588. The lowest BCUT2D eigenvalue weighted by Crippen LogP contribution is -2.14. The highest BCUT2D eigenvalue weighted by Crippen LogP contribution is 2.51. The Morgan fingerprint density at radius 1 is 0.358 bits per heavy atom. The molecule has 0 radical (unpaired) electrons. The molecule has 2 heteroatoms. The molecule has 0 bridgehead atoms. The highest BCUT2D eigenvalue weighted by Gasteiger charge is 2.35. The molecule has 0 amide bonds. The molecular formula is C51H32O2. The number of benzene rings is 9. The lowest BCUT2D eigenvalue weighted by Gasteiger charge is -2.23. The maximum atomic E-state index is 6.57. The van der Waals surface area contributed by atoms with Gasteiger partial charge in [0.2, 0.25) is 0 Å². The number of hydrogen-bond donors (Lipinski definition) is 0. The Labute approximate surface area is 305 Å². The second kappa shape index (κ2) is 10.2. The standard InChI is InChI=1S/C51H32O2/c1-51(2)42-18-10-9-13-33(42)34-22-19-31(26-43(34)51)49-37-16-7-5-14-35(37)48(36-15-6-8-17-38(36)49)30-21-23-44-39(25-30)40-27-47-41(28-46(40)52-44)50-32-12-4-3-11-29(32)20-24-45(50)53-47/h3-28H,1-2H3. The van der Waals surface area contributed by atoms with Crippen molar-refractivity contribution in [3.63, 3.8) is 0 Å². The van der Waals surface area contributed by atoms with Crippen LogP contribution in [0.5, 0.6) is 0 Å². The number of hydrogen-bond acceptors (Lipinski definition) is 2. The molecule has 2 nitrogen and oxygen atoms in total. The number of fused-ring (bicyclic) bond motifs is 13. The van der Waals surface area contributed by atoms with Gasteiger partial charge in [-0.2, -0.15) is 0 Å². The smallest absolute Gasteiger partial charge is 0.136 e. The van der Waals surface area contributed by atoms with Crippen LogP contribution in [-0.4, -0.2) is 0 Å². The first-order valence-corrected chi connectivity index (χ1v) is 18.4. The minimum absolute atomic E-state index is 0.0714. The van der Waals surface area contributed by atoms with Gasteiger partial charge in [-0.1, -0.05) is 135 Å². The molecule has 0 N–H and O–H groups in total. The van der Waals surface area contributed by atoms with Crippen LogP contribution in [0, 0.1) is 0 Å². The number of rotatable bonds is 2. The van der Waals surface area contributed by atoms with Crippen LogP contribution in [0.25, 0.3) is 110 Å². The molecule has 0 spiro atoms. The second-order valence-corrected chi connectivity index (χ2v) is 15.2. The molecule has 0 unspecified atom stereocenters. The van der Waals surface area contributed by atoms with E-state index < -0.39 is 0 Å². The van der Waals surface area contributed by atoms with Gasteiger partial charge >= 0.3 is 0 Å². The fourth-order valence-corrected chi connectivity index (χ4v) is 9.58. The van der Waals surface area contributed by atoms with Crippen molar-refractivity contribution in [2.24, 2.45) is 0 Å². The summed E-state index contributed by atoms with van der Waals surface area (Å²) < 4.78 is 13.1. The van der Waals surface area contributed by atoms with Crippen LogP contribution >= 0.6 is 0 Å². The Bertz CT molecular complexity index is 3310. The Balaban J connectivity index is 1.09. The minimum Gasteiger partial charge on any atom is -0.456 e. The lowest BCUT2D eigenvalue weighted by molar-refractivity contribution is 0.660. The molecule has 9 aromatic carbocycles. The largest absolute Gasteiger partial charge is 0.456 e. The first-order chi connectivity index (χ1) is 26.0. The molecule has 248 valence electrons. The van der Waals surface area contributed by atoms with Crippen LogP contribution in [-0.2, 0) is 5.41 Å². The molecular weight excluding hydrogens is 645 g/mol. The zero-order valence-electron chi connectivity index (χ0n) is 29.3. The molecule has 0 aliphatic heterocycles. The van der Waals surface area contributed by atoms with Crippen molar-refractivity contribution < 1.29 is 8.83 Å². The summed E-state index contributed by atoms with van der Waals surface area (Å²) in [5, 5.41) is 11.7. The zero-order valence-corrected chi connectivity index (χ0v) is 29.3. The van der Waals surface area contributed by atoms with E-state index in [-0.39, 0.29) is 5.41 Å². The summed E-state index contributed by atoms with van der Waals surface area (Å²) in [6.07, 6.45) is 0. The Morgan fingerprint density at radius 3 is 1.64 bits per heavy atom. The van der Waals surface area contributed by atoms with Gasteiger partial charge < -0.3 is 8.83 Å². The second-order valence-electron chi connectivity index (χ2n) is 15.2. The highest BCUT2D eigenvalue weighted by molar-refractivity contribution is 6.24. The maximum absolute atomic E-state index is 6.57. The highest BCUT2D eigenvalue weighted by atomic mass is 16.3. The van der Waals surface area contributed by atoms with Crippen LogP contribution in [0.3, 0.4) is 0 Å². The minimum atomic E-state index is -0.0714. The van der Waals surface area contributed by atoms with Gasteiger partial charge in [0, 0.05) is 27.0 Å². The van der Waals surface area contributed by atoms with E-state index in [9.17, 15) is 0 Å². The predicted molar refractivity (Wildman–Crippen MR) is 222 cm³/mol. The molecule has 1 aliphatic carbocycles. The predicted octanol–water partition coefficient (Wildman–Crippen LogP) is 14.6. The van der Waals surface area contributed by atoms with Gasteiger partial charge in [-0.3, -0.25) is 0 Å². The molecule has 0 fully saturated rings. The van der Waals surface area contributed by atoms with Gasteiger partial charge in [0.15, 0.2) is 0 Å². The van der Waals surface area contributed by atoms with Crippen LogP contribution in [0.1, 0.15) is 25.0 Å². The lowest BCUT2D eigenvalue weighted by atomic mass is 9.80. The van der Waals surface area contributed by atoms with Crippen molar-refractivity contribution in [3.05, 3.63) is 169 Å². The first kappa shape index (κ1) is 29.0. The summed E-state index contributed by atoms with van der Waals surface area (Å²) in [6, 6.07) is 57.6. The van der Waals surface area contributed by atoms with Crippen molar-refractivity contribution in [2.75, 3.05) is 0 Å². The van der Waals surface area contributed by atoms with Gasteiger partial charge in [0.05, 0.1) is 0 Å². The summed E-state index contributed by atoms with van der Waals surface area (Å²) in [5.41, 5.74) is 13.8. The van der Waals surface area contributed by atoms with Crippen molar-refractivity contribution in [2.45, 2.75) is 19.3 Å². The Morgan fingerprint density at radius 2 is 0.887 bits per heavy atom. The van der Waals surface area contributed by atoms with Gasteiger partial charge in [0.1, 0.15) is 22.3 Å². The van der Waals surface area contributed by atoms with E-state index >= 15 is 0 Å². The number of furan rings is 2. The van der Waals surface area contributed by atoms with Crippen molar-refractivity contribution in [1.29, 1.82) is 0 Å². The van der Waals surface area contributed by atoms with Crippen LogP contribution < -0.4 is 0 Å². The third-order valence-electron chi connectivity index (χ3n) is 12.0. The van der Waals surface area contributed by atoms with E-state index in [1.165, 1.54) is 76.8 Å². The molecule has 53 heavy (non-hydrogen) atoms.